The Balaban J connectivity index is 1.38. The van der Waals surface area contributed by atoms with Gasteiger partial charge in [-0.3, -0.25) is 19.4 Å². The molecule has 0 fully saturated rings. The smallest absolute Gasteiger partial charge is 0.216 e. The van der Waals surface area contributed by atoms with Crippen LogP contribution in [-0.2, 0) is 6.54 Å². The Kier molecular flexibility index (Phi) is 4.27. The molecule has 0 radical (unpaired) electrons. The lowest BCUT2D eigenvalue weighted by Crippen LogP contribution is -2.58. The van der Waals surface area contributed by atoms with Gasteiger partial charge in [0, 0.05) is 24.9 Å². The lowest BCUT2D eigenvalue weighted by molar-refractivity contribution is 0.242. The molecular formula is C23H25N7. The summed E-state index contributed by atoms with van der Waals surface area (Å²) in [6, 6.07) is 12.5. The van der Waals surface area contributed by atoms with Crippen LogP contribution in [0.3, 0.4) is 0 Å². The second-order valence-corrected chi connectivity index (χ2v) is 8.29. The number of imidazole rings is 1. The van der Waals surface area contributed by atoms with Gasteiger partial charge >= 0.3 is 0 Å². The summed E-state index contributed by atoms with van der Waals surface area (Å²) in [7, 11) is 0. The van der Waals surface area contributed by atoms with E-state index < -0.39 is 0 Å². The minimum atomic E-state index is 0.178. The van der Waals surface area contributed by atoms with E-state index in [0.29, 0.717) is 12.6 Å². The Morgan fingerprint density at radius 1 is 1.10 bits per heavy atom. The lowest BCUT2D eigenvalue weighted by Gasteiger charge is -2.44. The zero-order valence-corrected chi connectivity index (χ0v) is 16.9. The van der Waals surface area contributed by atoms with Crippen LogP contribution in [0.4, 0.5) is 5.95 Å². The van der Waals surface area contributed by atoms with E-state index in [4.69, 9.17) is 9.98 Å². The number of pyridine rings is 1. The predicted molar refractivity (Wildman–Crippen MR) is 118 cm³/mol. The number of hydrogen-bond donors (Lipinski definition) is 1. The molecule has 0 bridgehead atoms. The number of aliphatic imine (C=N–C) groups is 1. The predicted octanol–water partition coefficient (Wildman–Crippen LogP) is 3.48. The molecule has 1 aromatic carbocycles. The first kappa shape index (κ1) is 17.7. The minimum absolute atomic E-state index is 0.178. The Hall–Kier alpha value is -3.19. The van der Waals surface area contributed by atoms with E-state index in [-0.39, 0.29) is 6.17 Å². The standard InChI is InChI=1S/C23H25N7/c1-2-8-18(9-3-1)21-27-22-25-15-28(14-17-7-6-12-24-13-17)16-29(22)23-26-19-10-4-5-11-20(19)30(21)23/h1-2,4-7,10-13,18,21H,3,8-9,14-16H2,(H,25,27)/t18-,21+/m0/s1. The third-order valence-electron chi connectivity index (χ3n) is 6.28. The first-order chi connectivity index (χ1) is 14.9. The largest absolute Gasteiger partial charge is 0.335 e. The molecule has 2 aliphatic heterocycles. The second-order valence-electron chi connectivity index (χ2n) is 8.29. The number of allylic oxidation sites excluding steroid dienone is 2. The zero-order chi connectivity index (χ0) is 19.9. The van der Waals surface area contributed by atoms with Crippen LogP contribution in [0, 0.1) is 5.92 Å². The Morgan fingerprint density at radius 2 is 2.07 bits per heavy atom. The minimum Gasteiger partial charge on any atom is -0.335 e. The van der Waals surface area contributed by atoms with Crippen molar-refractivity contribution in [1.29, 1.82) is 0 Å². The van der Waals surface area contributed by atoms with Crippen molar-refractivity contribution in [3.8, 4) is 0 Å². The highest BCUT2D eigenvalue weighted by molar-refractivity contribution is 5.98. The van der Waals surface area contributed by atoms with Crippen molar-refractivity contribution in [3.05, 3.63) is 66.5 Å². The molecule has 1 N–H and O–H groups in total. The molecule has 1 aliphatic carbocycles. The summed E-state index contributed by atoms with van der Waals surface area (Å²) >= 11 is 0. The van der Waals surface area contributed by atoms with Crippen LogP contribution < -0.4 is 10.2 Å². The van der Waals surface area contributed by atoms with Crippen LogP contribution >= 0.6 is 0 Å². The number of hydrogen-bond acceptors (Lipinski definition) is 6. The van der Waals surface area contributed by atoms with E-state index in [1.807, 2.05) is 18.5 Å². The number of rotatable bonds is 3. The third-order valence-corrected chi connectivity index (χ3v) is 6.28. The molecule has 3 aromatic rings. The average Bonchev–Trinajstić information content (AvgIpc) is 3.20. The topological polar surface area (TPSA) is 61.6 Å². The molecule has 0 spiro atoms. The average molecular weight is 400 g/mol. The van der Waals surface area contributed by atoms with Gasteiger partial charge in [0.1, 0.15) is 6.17 Å². The first-order valence-corrected chi connectivity index (χ1v) is 10.7. The van der Waals surface area contributed by atoms with Crippen molar-refractivity contribution in [1.82, 2.24) is 24.8 Å². The Bertz CT molecular complexity index is 1120. The molecule has 152 valence electrons. The highest BCUT2D eigenvalue weighted by Crippen LogP contribution is 2.37. The van der Waals surface area contributed by atoms with Crippen LogP contribution in [0.1, 0.15) is 31.0 Å². The van der Waals surface area contributed by atoms with Gasteiger partial charge in [0.25, 0.3) is 0 Å². The fourth-order valence-electron chi connectivity index (χ4n) is 4.82. The number of fused-ring (bicyclic) bond motifs is 5. The summed E-state index contributed by atoms with van der Waals surface area (Å²) in [6.07, 6.45) is 11.9. The van der Waals surface area contributed by atoms with Crippen LogP contribution in [0.25, 0.3) is 11.0 Å². The third kappa shape index (κ3) is 2.97. The van der Waals surface area contributed by atoms with Gasteiger partial charge in [-0.25, -0.2) is 9.98 Å². The van der Waals surface area contributed by atoms with Gasteiger partial charge in [0.2, 0.25) is 11.9 Å². The first-order valence-electron chi connectivity index (χ1n) is 10.7. The molecule has 0 unspecified atom stereocenters. The maximum Gasteiger partial charge on any atom is 0.216 e. The summed E-state index contributed by atoms with van der Waals surface area (Å²) in [5.74, 6) is 2.47. The summed E-state index contributed by atoms with van der Waals surface area (Å²) in [4.78, 5) is 18.7. The van der Waals surface area contributed by atoms with Crippen molar-refractivity contribution in [2.75, 3.05) is 18.2 Å². The van der Waals surface area contributed by atoms with Gasteiger partial charge in [0.15, 0.2) is 0 Å². The van der Waals surface area contributed by atoms with E-state index in [9.17, 15) is 0 Å². The molecular weight excluding hydrogens is 374 g/mol. The maximum absolute atomic E-state index is 5.04. The molecule has 7 nitrogen and oxygen atoms in total. The molecule has 7 heteroatoms. The van der Waals surface area contributed by atoms with Crippen LogP contribution in [0.15, 0.2) is 65.9 Å². The SMILES string of the molecule is C1=CC[C@H]([C@@H]2NC3=NCN(Cc4cccnc4)CN3c3nc4ccccc4n32)CC1. The number of guanidine groups is 1. The van der Waals surface area contributed by atoms with E-state index >= 15 is 0 Å². The highest BCUT2D eigenvalue weighted by Gasteiger charge is 2.38. The Morgan fingerprint density at radius 3 is 2.93 bits per heavy atom. The number of aromatic nitrogens is 3. The molecule has 3 aliphatic rings. The fraction of sp³-hybridized carbons (Fsp3) is 0.348. The van der Waals surface area contributed by atoms with Crippen LogP contribution in [-0.4, -0.2) is 38.7 Å². The van der Waals surface area contributed by atoms with E-state index in [1.54, 1.807) is 0 Å². The summed E-state index contributed by atoms with van der Waals surface area (Å²) in [6.45, 7) is 2.24. The maximum atomic E-state index is 5.04. The molecule has 2 atom stereocenters. The molecule has 0 amide bonds. The summed E-state index contributed by atoms with van der Waals surface area (Å²) in [5, 5.41) is 3.77. The van der Waals surface area contributed by atoms with Gasteiger partial charge in [-0.15, -0.1) is 0 Å². The molecule has 30 heavy (non-hydrogen) atoms. The van der Waals surface area contributed by atoms with Gasteiger partial charge in [0.05, 0.1) is 24.4 Å². The summed E-state index contributed by atoms with van der Waals surface area (Å²) < 4.78 is 2.39. The van der Waals surface area contributed by atoms with E-state index in [0.717, 1.165) is 43.5 Å². The van der Waals surface area contributed by atoms with Crippen molar-refractivity contribution < 1.29 is 0 Å². The van der Waals surface area contributed by atoms with Gasteiger partial charge in [-0.05, 0) is 43.0 Å². The molecule has 0 saturated heterocycles. The molecule has 4 heterocycles. The number of anilines is 1. The van der Waals surface area contributed by atoms with Crippen molar-refractivity contribution >= 4 is 22.9 Å². The van der Waals surface area contributed by atoms with Crippen molar-refractivity contribution in [2.45, 2.75) is 32.0 Å². The normalized spacial score (nSPS) is 23.6. The lowest BCUT2D eigenvalue weighted by atomic mass is 9.91. The second kappa shape index (κ2) is 7.25. The zero-order valence-electron chi connectivity index (χ0n) is 16.9. The molecule has 6 rings (SSSR count). The Labute approximate surface area is 175 Å². The number of nitrogens with zero attached hydrogens (tertiary/aromatic N) is 6. The van der Waals surface area contributed by atoms with Crippen molar-refractivity contribution in [2.24, 2.45) is 10.9 Å². The fourth-order valence-corrected chi connectivity index (χ4v) is 4.82. The van der Waals surface area contributed by atoms with E-state index in [2.05, 4.69) is 67.2 Å². The summed E-state index contributed by atoms with van der Waals surface area (Å²) in [5.41, 5.74) is 3.42. The van der Waals surface area contributed by atoms with E-state index in [1.165, 1.54) is 17.5 Å². The van der Waals surface area contributed by atoms with Gasteiger partial charge in [-0.1, -0.05) is 30.4 Å². The number of nitrogens with one attached hydrogen (secondary N) is 1. The number of para-hydroxylation sites is 2. The van der Waals surface area contributed by atoms with Gasteiger partial charge in [-0.2, -0.15) is 0 Å². The monoisotopic (exact) mass is 399 g/mol. The van der Waals surface area contributed by atoms with Crippen LogP contribution in [0.2, 0.25) is 0 Å². The number of benzene rings is 1. The van der Waals surface area contributed by atoms with Gasteiger partial charge < -0.3 is 5.32 Å². The van der Waals surface area contributed by atoms with Crippen LogP contribution in [0.5, 0.6) is 0 Å². The highest BCUT2D eigenvalue weighted by atomic mass is 15.5. The molecule has 2 aromatic heterocycles. The quantitative estimate of drug-likeness (QED) is 0.683. The van der Waals surface area contributed by atoms with Crippen molar-refractivity contribution in [3.63, 3.8) is 0 Å². The molecule has 0 saturated carbocycles.